The molecule has 0 saturated carbocycles. The van der Waals surface area contributed by atoms with Crippen molar-refractivity contribution in [3.05, 3.63) is 90.6 Å². The quantitative estimate of drug-likeness (QED) is 0.539. The Morgan fingerprint density at radius 2 is 1.30 bits per heavy atom. The molecule has 4 nitrogen and oxygen atoms in total. The molecule has 2 heterocycles. The smallest absolute Gasteiger partial charge is 0.329 e. The summed E-state index contributed by atoms with van der Waals surface area (Å²) in [6.45, 7) is 3.10. The van der Waals surface area contributed by atoms with E-state index < -0.39 is 0 Å². The molecule has 0 bridgehead atoms. The molecule has 0 aliphatic carbocycles. The Labute approximate surface area is 181 Å². The predicted octanol–water partition coefficient (Wildman–Crippen LogP) is 5.70. The third kappa shape index (κ3) is 3.68. The van der Waals surface area contributed by atoms with Gasteiger partial charge in [0.2, 0.25) is 0 Å². The number of piperazine rings is 1. The summed E-state index contributed by atoms with van der Waals surface area (Å²) < 4.78 is 0. The molecule has 0 atom stereocenters. The highest BCUT2D eigenvalue weighted by atomic mass is 32.2. The number of para-hydroxylation sites is 2. The minimum absolute atomic E-state index is 0.0573. The number of fused-ring (bicyclic) bond motifs is 2. The van der Waals surface area contributed by atoms with Crippen molar-refractivity contribution in [2.75, 3.05) is 31.1 Å². The molecule has 0 N–H and O–H groups in total. The summed E-state index contributed by atoms with van der Waals surface area (Å²) in [5, 5.41) is 0. The van der Waals surface area contributed by atoms with Gasteiger partial charge < -0.3 is 9.80 Å². The summed E-state index contributed by atoms with van der Waals surface area (Å²) in [5.41, 5.74) is 3.13. The second-order valence-electron chi connectivity index (χ2n) is 7.40. The van der Waals surface area contributed by atoms with Crippen molar-refractivity contribution in [3.63, 3.8) is 0 Å². The van der Waals surface area contributed by atoms with Crippen molar-refractivity contribution in [1.29, 1.82) is 0 Å². The Morgan fingerprint density at radius 3 is 1.93 bits per heavy atom. The van der Waals surface area contributed by atoms with Crippen LogP contribution in [0, 0.1) is 0 Å². The van der Waals surface area contributed by atoms with Crippen molar-refractivity contribution in [3.8, 4) is 0 Å². The molecule has 0 radical (unpaired) electrons. The molecule has 5 rings (SSSR count). The number of nitrogens with zero attached hydrogens (tertiary/aromatic N) is 3. The van der Waals surface area contributed by atoms with E-state index >= 15 is 0 Å². The first-order valence-corrected chi connectivity index (χ1v) is 11.0. The van der Waals surface area contributed by atoms with Crippen LogP contribution in [0.5, 0.6) is 0 Å². The number of hydrogen-bond acceptors (Lipinski definition) is 3. The highest BCUT2D eigenvalue weighted by Gasteiger charge is 2.32. The van der Waals surface area contributed by atoms with Crippen LogP contribution >= 0.6 is 11.8 Å². The van der Waals surface area contributed by atoms with Gasteiger partial charge in [0, 0.05) is 36.0 Å². The van der Waals surface area contributed by atoms with Crippen LogP contribution in [-0.4, -0.2) is 42.0 Å². The van der Waals surface area contributed by atoms with Gasteiger partial charge in [-0.1, -0.05) is 66.4 Å². The van der Waals surface area contributed by atoms with E-state index in [0.717, 1.165) is 34.3 Å². The summed E-state index contributed by atoms with van der Waals surface area (Å²) in [6.07, 6.45) is 4.27. The first kappa shape index (κ1) is 18.8. The number of anilines is 2. The molecule has 1 fully saturated rings. The number of hydrogen-bond donors (Lipinski definition) is 0. The van der Waals surface area contributed by atoms with Crippen LogP contribution in [0.4, 0.5) is 16.2 Å². The SMILES string of the molecule is O=C(N1CCN(/C=C/c2ccccc2)CC1)N1c2ccccc2Sc2ccccc21. The highest BCUT2D eigenvalue weighted by Crippen LogP contribution is 2.48. The van der Waals surface area contributed by atoms with Gasteiger partial charge in [-0.2, -0.15) is 0 Å². The van der Waals surface area contributed by atoms with Gasteiger partial charge in [0.15, 0.2) is 0 Å². The van der Waals surface area contributed by atoms with Crippen molar-refractivity contribution < 1.29 is 4.79 Å². The third-order valence-electron chi connectivity index (χ3n) is 5.49. The molecule has 5 heteroatoms. The Morgan fingerprint density at radius 1 is 0.733 bits per heavy atom. The number of rotatable bonds is 2. The maximum absolute atomic E-state index is 13.6. The lowest BCUT2D eigenvalue weighted by molar-refractivity contribution is 0.170. The Hall–Kier alpha value is -3.18. The zero-order valence-corrected chi connectivity index (χ0v) is 17.5. The van der Waals surface area contributed by atoms with Gasteiger partial charge in [0.1, 0.15) is 0 Å². The fourth-order valence-corrected chi connectivity index (χ4v) is 4.93. The first-order valence-electron chi connectivity index (χ1n) is 10.2. The predicted molar refractivity (Wildman–Crippen MR) is 123 cm³/mol. The molecule has 3 aromatic rings. The zero-order chi connectivity index (χ0) is 20.3. The van der Waals surface area contributed by atoms with Crippen molar-refractivity contribution in [1.82, 2.24) is 9.80 Å². The monoisotopic (exact) mass is 413 g/mol. The zero-order valence-electron chi connectivity index (χ0n) is 16.6. The number of carbonyl (C=O) groups is 1. The van der Waals surface area contributed by atoms with Crippen molar-refractivity contribution in [2.45, 2.75) is 9.79 Å². The number of urea groups is 1. The highest BCUT2D eigenvalue weighted by molar-refractivity contribution is 7.99. The minimum atomic E-state index is 0.0573. The van der Waals surface area contributed by atoms with Crippen LogP contribution in [0.25, 0.3) is 6.08 Å². The standard InChI is InChI=1S/C25H23N3OS/c29-25(27-18-16-26(17-19-27)15-14-20-8-2-1-3-9-20)28-21-10-4-6-12-23(21)30-24-13-7-5-11-22(24)28/h1-15H,16-19H2/b15-14+. The second-order valence-corrected chi connectivity index (χ2v) is 8.49. The van der Waals surface area contributed by atoms with Crippen molar-refractivity contribution in [2.24, 2.45) is 0 Å². The molecule has 2 amide bonds. The van der Waals surface area contributed by atoms with Crippen LogP contribution in [-0.2, 0) is 0 Å². The van der Waals surface area contributed by atoms with Gasteiger partial charge in [0.25, 0.3) is 0 Å². The van der Waals surface area contributed by atoms with Gasteiger partial charge in [0.05, 0.1) is 11.4 Å². The maximum Gasteiger partial charge on any atom is 0.329 e. The first-order chi connectivity index (χ1) is 14.8. The molecule has 3 aromatic carbocycles. The topological polar surface area (TPSA) is 26.8 Å². The number of amides is 2. The Kier molecular flexibility index (Phi) is 5.20. The largest absolute Gasteiger partial charge is 0.374 e. The molecule has 30 heavy (non-hydrogen) atoms. The summed E-state index contributed by atoms with van der Waals surface area (Å²) in [4.78, 5) is 21.9. The van der Waals surface area contributed by atoms with Crippen LogP contribution in [0.1, 0.15) is 5.56 Å². The molecular formula is C25H23N3OS. The molecule has 2 aliphatic heterocycles. The van der Waals surface area contributed by atoms with Crippen LogP contribution in [0.3, 0.4) is 0 Å². The molecule has 0 unspecified atom stereocenters. The minimum Gasteiger partial charge on any atom is -0.374 e. The lowest BCUT2D eigenvalue weighted by Gasteiger charge is -2.39. The average molecular weight is 414 g/mol. The van der Waals surface area contributed by atoms with Gasteiger partial charge in [-0.15, -0.1) is 0 Å². The van der Waals surface area contributed by atoms with E-state index in [2.05, 4.69) is 41.4 Å². The van der Waals surface area contributed by atoms with Crippen LogP contribution in [0.2, 0.25) is 0 Å². The number of benzene rings is 3. The fraction of sp³-hybridized carbons (Fsp3) is 0.160. The molecule has 0 aromatic heterocycles. The molecule has 150 valence electrons. The van der Waals surface area contributed by atoms with E-state index in [-0.39, 0.29) is 6.03 Å². The fourth-order valence-electron chi connectivity index (χ4n) is 3.87. The van der Waals surface area contributed by atoms with Crippen molar-refractivity contribution >= 4 is 35.2 Å². The molecule has 2 aliphatic rings. The lowest BCUT2D eigenvalue weighted by atomic mass is 10.2. The third-order valence-corrected chi connectivity index (χ3v) is 6.62. The average Bonchev–Trinajstić information content (AvgIpc) is 2.82. The van der Waals surface area contributed by atoms with Crippen LogP contribution < -0.4 is 4.90 Å². The normalized spacial score (nSPS) is 15.8. The summed E-state index contributed by atoms with van der Waals surface area (Å²) in [7, 11) is 0. The lowest BCUT2D eigenvalue weighted by Crippen LogP contribution is -2.51. The number of carbonyl (C=O) groups excluding carboxylic acids is 1. The Bertz CT molecular complexity index is 1030. The van der Waals surface area contributed by atoms with E-state index in [1.807, 2.05) is 64.4 Å². The van der Waals surface area contributed by atoms with E-state index in [0.29, 0.717) is 13.1 Å². The van der Waals surface area contributed by atoms with Gasteiger partial charge in [-0.05, 0) is 42.1 Å². The van der Waals surface area contributed by atoms with E-state index in [9.17, 15) is 4.79 Å². The van der Waals surface area contributed by atoms with Crippen LogP contribution in [0.15, 0.2) is 94.9 Å². The second kappa shape index (κ2) is 8.28. The maximum atomic E-state index is 13.6. The van der Waals surface area contributed by atoms with E-state index in [1.165, 1.54) is 5.56 Å². The van der Waals surface area contributed by atoms with Gasteiger partial charge >= 0.3 is 6.03 Å². The van der Waals surface area contributed by atoms with E-state index in [1.54, 1.807) is 11.8 Å². The van der Waals surface area contributed by atoms with Gasteiger partial charge in [-0.25, -0.2) is 4.79 Å². The van der Waals surface area contributed by atoms with Gasteiger partial charge in [-0.3, -0.25) is 4.90 Å². The van der Waals surface area contributed by atoms with E-state index in [4.69, 9.17) is 0 Å². The Balaban J connectivity index is 1.32. The molecular weight excluding hydrogens is 390 g/mol. The summed E-state index contributed by atoms with van der Waals surface area (Å²) in [5.74, 6) is 0. The molecule has 1 saturated heterocycles. The summed E-state index contributed by atoms with van der Waals surface area (Å²) >= 11 is 1.73. The summed E-state index contributed by atoms with van der Waals surface area (Å²) in [6, 6.07) is 26.7. The molecule has 0 spiro atoms.